The molecular weight excluding hydrogens is 258 g/mol. The van der Waals surface area contributed by atoms with Crippen LogP contribution in [-0.4, -0.2) is 31.1 Å². The number of nitrogens with two attached hydrogens (primary N) is 1. The number of hydrogen-bond donors (Lipinski definition) is 1. The fraction of sp³-hybridized carbons (Fsp3) is 0.625. The van der Waals surface area contributed by atoms with Crippen LogP contribution in [0.2, 0.25) is 0 Å². The molecule has 0 aromatic heterocycles. The van der Waals surface area contributed by atoms with Gasteiger partial charge in [-0.2, -0.15) is 0 Å². The predicted molar refractivity (Wildman–Crippen MR) is 77.6 cm³/mol. The van der Waals surface area contributed by atoms with Crippen LogP contribution < -0.4 is 5.73 Å². The van der Waals surface area contributed by atoms with E-state index in [0.717, 1.165) is 38.0 Å². The van der Waals surface area contributed by atoms with E-state index in [1.54, 1.807) is 6.07 Å². The minimum absolute atomic E-state index is 0.133. The molecule has 0 radical (unpaired) electrons. The van der Waals surface area contributed by atoms with Gasteiger partial charge in [0.2, 0.25) is 0 Å². The maximum atomic E-state index is 13.4. The monoisotopic (exact) mass is 282 g/mol. The molecule has 20 heavy (non-hydrogen) atoms. The zero-order chi connectivity index (χ0) is 14.5. The Morgan fingerprint density at radius 2 is 1.95 bits per heavy atom. The molecule has 2 rings (SSSR count). The van der Waals surface area contributed by atoms with Crippen LogP contribution in [0.25, 0.3) is 0 Å². The Hall–Kier alpha value is -1.00. The third-order valence-corrected chi connectivity index (χ3v) is 4.37. The summed E-state index contributed by atoms with van der Waals surface area (Å²) >= 11 is 0. The molecule has 0 aliphatic carbocycles. The molecule has 1 aromatic carbocycles. The van der Waals surface area contributed by atoms with Crippen LogP contribution in [0.5, 0.6) is 0 Å². The Morgan fingerprint density at radius 1 is 1.25 bits per heavy atom. The quantitative estimate of drug-likeness (QED) is 0.899. The van der Waals surface area contributed by atoms with Gasteiger partial charge in [-0.3, -0.25) is 0 Å². The molecule has 4 heteroatoms. The topological polar surface area (TPSA) is 29.3 Å². The van der Waals surface area contributed by atoms with Crippen LogP contribution in [0.3, 0.4) is 0 Å². The summed E-state index contributed by atoms with van der Waals surface area (Å²) < 4.78 is 26.4. The lowest BCUT2D eigenvalue weighted by atomic mass is 9.80. The lowest BCUT2D eigenvalue weighted by Gasteiger charge is -2.35. The van der Waals surface area contributed by atoms with Crippen LogP contribution >= 0.6 is 0 Å². The fourth-order valence-corrected chi connectivity index (χ4v) is 3.24. The first kappa shape index (κ1) is 15.4. The van der Waals surface area contributed by atoms with E-state index in [0.29, 0.717) is 12.5 Å². The van der Waals surface area contributed by atoms with Crippen LogP contribution in [0, 0.1) is 17.6 Å². The third kappa shape index (κ3) is 3.55. The van der Waals surface area contributed by atoms with Crippen molar-refractivity contribution in [3.63, 3.8) is 0 Å². The van der Waals surface area contributed by atoms with Crippen molar-refractivity contribution in [1.29, 1.82) is 0 Å². The molecule has 1 atom stereocenters. The standard InChI is InChI=1S/C16H24F2N2/c1-2-7-20-8-5-12(6-9-20)14(11-19)13-3-4-15(17)16(18)10-13/h3-4,10,12,14H,2,5-9,11,19H2,1H3. The summed E-state index contributed by atoms with van der Waals surface area (Å²) in [5.41, 5.74) is 6.72. The molecule has 0 saturated carbocycles. The van der Waals surface area contributed by atoms with Gasteiger partial charge in [0.1, 0.15) is 0 Å². The molecule has 2 nitrogen and oxygen atoms in total. The largest absolute Gasteiger partial charge is 0.330 e. The Balaban J connectivity index is 2.03. The second-order valence-electron chi connectivity index (χ2n) is 5.69. The van der Waals surface area contributed by atoms with Crippen LogP contribution in [0.1, 0.15) is 37.7 Å². The van der Waals surface area contributed by atoms with Gasteiger partial charge in [-0.25, -0.2) is 8.78 Å². The first-order valence-electron chi connectivity index (χ1n) is 7.53. The molecule has 0 spiro atoms. The van der Waals surface area contributed by atoms with Gasteiger partial charge in [0.05, 0.1) is 0 Å². The molecule has 0 bridgehead atoms. The zero-order valence-corrected chi connectivity index (χ0v) is 12.1. The van der Waals surface area contributed by atoms with Crippen molar-refractivity contribution >= 4 is 0 Å². The van der Waals surface area contributed by atoms with Crippen molar-refractivity contribution in [2.75, 3.05) is 26.2 Å². The van der Waals surface area contributed by atoms with E-state index in [1.165, 1.54) is 18.6 Å². The minimum atomic E-state index is -0.790. The highest BCUT2D eigenvalue weighted by Crippen LogP contribution is 2.32. The number of rotatable bonds is 5. The Kier molecular flexibility index (Phi) is 5.49. The lowest BCUT2D eigenvalue weighted by Crippen LogP contribution is -2.37. The van der Waals surface area contributed by atoms with E-state index in [-0.39, 0.29) is 5.92 Å². The van der Waals surface area contributed by atoms with Gasteiger partial charge >= 0.3 is 0 Å². The van der Waals surface area contributed by atoms with Crippen LogP contribution in [0.4, 0.5) is 8.78 Å². The number of likely N-dealkylation sites (tertiary alicyclic amines) is 1. The number of benzene rings is 1. The second kappa shape index (κ2) is 7.14. The summed E-state index contributed by atoms with van der Waals surface area (Å²) in [6.07, 6.45) is 3.34. The van der Waals surface area contributed by atoms with E-state index in [1.807, 2.05) is 0 Å². The number of halogens is 2. The predicted octanol–water partition coefficient (Wildman–Crippen LogP) is 3.13. The molecule has 1 heterocycles. The maximum Gasteiger partial charge on any atom is 0.159 e. The number of hydrogen-bond acceptors (Lipinski definition) is 2. The molecule has 112 valence electrons. The average Bonchev–Trinajstić information content (AvgIpc) is 2.46. The minimum Gasteiger partial charge on any atom is -0.330 e. The van der Waals surface area contributed by atoms with Crippen molar-refractivity contribution in [2.24, 2.45) is 11.7 Å². The normalized spacial score (nSPS) is 19.2. The zero-order valence-electron chi connectivity index (χ0n) is 12.1. The second-order valence-corrected chi connectivity index (χ2v) is 5.69. The Bertz CT molecular complexity index is 428. The molecule has 1 aliphatic rings. The molecule has 1 aliphatic heterocycles. The highest BCUT2D eigenvalue weighted by molar-refractivity contribution is 5.23. The molecular formula is C16H24F2N2. The number of piperidine rings is 1. The smallest absolute Gasteiger partial charge is 0.159 e. The fourth-order valence-electron chi connectivity index (χ4n) is 3.24. The molecule has 1 fully saturated rings. The van der Waals surface area contributed by atoms with Crippen molar-refractivity contribution in [3.05, 3.63) is 35.4 Å². The summed E-state index contributed by atoms with van der Waals surface area (Å²) in [6.45, 7) is 5.99. The van der Waals surface area contributed by atoms with Gasteiger partial charge < -0.3 is 10.6 Å². The van der Waals surface area contributed by atoms with E-state index in [4.69, 9.17) is 5.73 Å². The summed E-state index contributed by atoms with van der Waals surface area (Å²) in [4.78, 5) is 2.47. The first-order valence-corrected chi connectivity index (χ1v) is 7.53. The SMILES string of the molecule is CCCN1CCC(C(CN)c2ccc(F)c(F)c2)CC1. The lowest BCUT2D eigenvalue weighted by molar-refractivity contribution is 0.169. The van der Waals surface area contributed by atoms with E-state index in [2.05, 4.69) is 11.8 Å². The summed E-state index contributed by atoms with van der Waals surface area (Å²) in [6, 6.07) is 4.19. The summed E-state index contributed by atoms with van der Waals surface area (Å²) in [5.74, 6) is -0.960. The number of nitrogens with zero attached hydrogens (tertiary/aromatic N) is 1. The van der Waals surface area contributed by atoms with Crippen LogP contribution in [-0.2, 0) is 0 Å². The molecule has 2 N–H and O–H groups in total. The van der Waals surface area contributed by atoms with E-state index in [9.17, 15) is 8.78 Å². The van der Waals surface area contributed by atoms with Crippen molar-refractivity contribution in [2.45, 2.75) is 32.1 Å². The molecule has 1 saturated heterocycles. The third-order valence-electron chi connectivity index (χ3n) is 4.37. The average molecular weight is 282 g/mol. The van der Waals surface area contributed by atoms with E-state index >= 15 is 0 Å². The van der Waals surface area contributed by atoms with Crippen molar-refractivity contribution < 1.29 is 8.78 Å². The highest BCUT2D eigenvalue weighted by atomic mass is 19.2. The Morgan fingerprint density at radius 3 is 2.50 bits per heavy atom. The maximum absolute atomic E-state index is 13.4. The van der Waals surface area contributed by atoms with Crippen molar-refractivity contribution in [3.8, 4) is 0 Å². The first-order chi connectivity index (χ1) is 9.65. The van der Waals surface area contributed by atoms with Gasteiger partial charge in [-0.05, 0) is 75.0 Å². The van der Waals surface area contributed by atoms with Gasteiger partial charge in [0.15, 0.2) is 11.6 Å². The van der Waals surface area contributed by atoms with Gasteiger partial charge in [0, 0.05) is 0 Å². The van der Waals surface area contributed by atoms with Crippen molar-refractivity contribution in [1.82, 2.24) is 4.90 Å². The van der Waals surface area contributed by atoms with E-state index < -0.39 is 11.6 Å². The summed E-state index contributed by atoms with van der Waals surface area (Å²) in [7, 11) is 0. The van der Waals surface area contributed by atoms with Gasteiger partial charge in [-0.15, -0.1) is 0 Å². The van der Waals surface area contributed by atoms with Crippen LogP contribution in [0.15, 0.2) is 18.2 Å². The Labute approximate surface area is 120 Å². The van der Waals surface area contributed by atoms with Gasteiger partial charge in [0.25, 0.3) is 0 Å². The molecule has 1 aromatic rings. The summed E-state index contributed by atoms with van der Waals surface area (Å²) in [5, 5.41) is 0. The van der Waals surface area contributed by atoms with Gasteiger partial charge in [-0.1, -0.05) is 13.0 Å². The highest BCUT2D eigenvalue weighted by Gasteiger charge is 2.27. The molecule has 0 amide bonds. The molecule has 1 unspecified atom stereocenters.